The van der Waals surface area contributed by atoms with Crippen LogP contribution in [-0.4, -0.2) is 14.8 Å². The Balaban J connectivity index is 2.12. The lowest BCUT2D eigenvalue weighted by atomic mass is 10.2. The zero-order valence-corrected chi connectivity index (χ0v) is 14.3. The molecule has 3 aromatic rings. The maximum absolute atomic E-state index is 4.76. The molecule has 2 aromatic carbocycles. The number of para-hydroxylation sites is 1. The number of rotatable bonds is 4. The van der Waals surface area contributed by atoms with Crippen molar-refractivity contribution in [2.45, 2.75) is 26.7 Å². The lowest BCUT2D eigenvalue weighted by molar-refractivity contribution is 0.756. The fourth-order valence-electron chi connectivity index (χ4n) is 2.47. The van der Waals surface area contributed by atoms with Gasteiger partial charge in [-0.1, -0.05) is 53.2 Å². The van der Waals surface area contributed by atoms with Gasteiger partial charge in [-0.2, -0.15) is 0 Å². The fraction of sp³-hybridized carbons (Fsp3) is 0.222. The van der Waals surface area contributed by atoms with E-state index in [0.29, 0.717) is 0 Å². The molecule has 0 unspecified atom stereocenters. The van der Waals surface area contributed by atoms with Gasteiger partial charge in [0.15, 0.2) is 5.82 Å². The number of hydrogen-bond donors (Lipinski definition) is 0. The van der Waals surface area contributed by atoms with E-state index in [2.05, 4.69) is 41.9 Å². The third-order valence-electron chi connectivity index (χ3n) is 3.57. The summed E-state index contributed by atoms with van der Waals surface area (Å²) < 4.78 is 3.02. The van der Waals surface area contributed by atoms with Crippen molar-refractivity contribution in [3.63, 3.8) is 0 Å². The van der Waals surface area contributed by atoms with Crippen LogP contribution in [0, 0.1) is 6.92 Å². The van der Waals surface area contributed by atoms with Crippen LogP contribution in [0.15, 0.2) is 53.0 Å². The molecular formula is C18H18BrN3. The average Bonchev–Trinajstić information content (AvgIpc) is 2.92. The molecule has 0 aliphatic heterocycles. The molecule has 0 fully saturated rings. The highest BCUT2D eigenvalue weighted by molar-refractivity contribution is 9.10. The normalized spacial score (nSPS) is 10.9. The Bertz CT molecular complexity index is 793. The van der Waals surface area contributed by atoms with Crippen molar-refractivity contribution in [1.29, 1.82) is 0 Å². The summed E-state index contributed by atoms with van der Waals surface area (Å²) in [6, 6.07) is 16.4. The predicted molar refractivity (Wildman–Crippen MR) is 93.2 cm³/mol. The molecule has 3 rings (SSSR count). The third kappa shape index (κ3) is 2.97. The maximum Gasteiger partial charge on any atom is 0.181 e. The topological polar surface area (TPSA) is 30.7 Å². The van der Waals surface area contributed by atoms with Crippen molar-refractivity contribution in [1.82, 2.24) is 14.8 Å². The monoisotopic (exact) mass is 355 g/mol. The van der Waals surface area contributed by atoms with Gasteiger partial charge in [0.05, 0.1) is 5.69 Å². The number of aryl methyl sites for hydroxylation is 2. The SMILES string of the molecule is CCCc1nc(-c2cccc(Br)c2)nn1-c1ccccc1C. The van der Waals surface area contributed by atoms with Gasteiger partial charge in [-0.05, 0) is 37.1 Å². The Kier molecular flexibility index (Phi) is 4.39. The van der Waals surface area contributed by atoms with Crippen LogP contribution in [0.2, 0.25) is 0 Å². The summed E-state index contributed by atoms with van der Waals surface area (Å²) in [5.41, 5.74) is 3.32. The highest BCUT2D eigenvalue weighted by Crippen LogP contribution is 2.23. The Hall–Kier alpha value is -1.94. The quantitative estimate of drug-likeness (QED) is 0.662. The smallest absolute Gasteiger partial charge is 0.181 e. The van der Waals surface area contributed by atoms with E-state index in [1.165, 1.54) is 5.56 Å². The molecule has 112 valence electrons. The van der Waals surface area contributed by atoms with Crippen molar-refractivity contribution in [2.75, 3.05) is 0 Å². The molecule has 0 spiro atoms. The molecule has 1 aromatic heterocycles. The number of halogens is 1. The molecule has 1 heterocycles. The summed E-state index contributed by atoms with van der Waals surface area (Å²) in [5, 5.41) is 4.76. The van der Waals surface area contributed by atoms with E-state index in [-0.39, 0.29) is 0 Å². The molecule has 0 saturated heterocycles. The molecule has 3 nitrogen and oxygen atoms in total. The van der Waals surface area contributed by atoms with Gasteiger partial charge < -0.3 is 0 Å². The van der Waals surface area contributed by atoms with Crippen molar-refractivity contribution < 1.29 is 0 Å². The highest BCUT2D eigenvalue weighted by Gasteiger charge is 2.13. The molecule has 0 amide bonds. The van der Waals surface area contributed by atoms with Gasteiger partial charge >= 0.3 is 0 Å². The molecule has 0 atom stereocenters. The molecule has 4 heteroatoms. The lowest BCUT2D eigenvalue weighted by Gasteiger charge is -2.07. The van der Waals surface area contributed by atoms with Crippen LogP contribution < -0.4 is 0 Å². The van der Waals surface area contributed by atoms with Crippen LogP contribution in [0.5, 0.6) is 0 Å². The van der Waals surface area contributed by atoms with Crippen LogP contribution in [0.4, 0.5) is 0 Å². The number of benzene rings is 2. The number of hydrogen-bond acceptors (Lipinski definition) is 2. The number of nitrogens with zero attached hydrogens (tertiary/aromatic N) is 3. The first-order valence-electron chi connectivity index (χ1n) is 7.47. The first-order chi connectivity index (χ1) is 10.7. The summed E-state index contributed by atoms with van der Waals surface area (Å²) in [4.78, 5) is 4.76. The molecule has 0 bridgehead atoms. The molecule has 0 radical (unpaired) electrons. The van der Waals surface area contributed by atoms with Crippen molar-refractivity contribution in [2.24, 2.45) is 0 Å². The second kappa shape index (κ2) is 6.44. The average molecular weight is 356 g/mol. The molecule has 22 heavy (non-hydrogen) atoms. The van der Waals surface area contributed by atoms with E-state index in [9.17, 15) is 0 Å². The minimum Gasteiger partial charge on any atom is -0.217 e. The minimum atomic E-state index is 0.771. The van der Waals surface area contributed by atoms with Crippen LogP contribution in [0.1, 0.15) is 24.7 Å². The van der Waals surface area contributed by atoms with Crippen molar-refractivity contribution >= 4 is 15.9 Å². The van der Waals surface area contributed by atoms with E-state index in [1.54, 1.807) is 0 Å². The summed E-state index contributed by atoms with van der Waals surface area (Å²) in [6.45, 7) is 4.27. The van der Waals surface area contributed by atoms with E-state index in [4.69, 9.17) is 10.1 Å². The minimum absolute atomic E-state index is 0.771. The summed E-state index contributed by atoms with van der Waals surface area (Å²) in [6.07, 6.45) is 1.96. The van der Waals surface area contributed by atoms with E-state index in [1.807, 2.05) is 41.1 Å². The Labute approximate surface area is 139 Å². The van der Waals surface area contributed by atoms with Crippen LogP contribution in [0.25, 0.3) is 17.1 Å². The van der Waals surface area contributed by atoms with Gasteiger partial charge in [-0.15, -0.1) is 5.10 Å². The van der Waals surface area contributed by atoms with E-state index >= 15 is 0 Å². The Morgan fingerprint density at radius 2 is 1.91 bits per heavy atom. The van der Waals surface area contributed by atoms with E-state index in [0.717, 1.165) is 40.2 Å². The number of aromatic nitrogens is 3. The molecule has 0 N–H and O–H groups in total. The Morgan fingerprint density at radius 1 is 1.09 bits per heavy atom. The highest BCUT2D eigenvalue weighted by atomic mass is 79.9. The predicted octanol–water partition coefficient (Wildman–Crippen LogP) is 4.96. The fourth-order valence-corrected chi connectivity index (χ4v) is 2.87. The zero-order chi connectivity index (χ0) is 15.5. The molecular weight excluding hydrogens is 338 g/mol. The standard InChI is InChI=1S/C18H18BrN3/c1-3-7-17-20-18(14-9-6-10-15(19)12-14)21-22(17)16-11-5-4-8-13(16)2/h4-6,8-12H,3,7H2,1-2H3. The zero-order valence-electron chi connectivity index (χ0n) is 12.8. The largest absolute Gasteiger partial charge is 0.217 e. The van der Waals surface area contributed by atoms with Crippen molar-refractivity contribution in [3.05, 3.63) is 64.4 Å². The third-order valence-corrected chi connectivity index (χ3v) is 4.07. The van der Waals surface area contributed by atoms with Gasteiger partial charge in [-0.3, -0.25) is 0 Å². The second-order valence-corrected chi connectivity index (χ2v) is 6.23. The van der Waals surface area contributed by atoms with E-state index < -0.39 is 0 Å². The van der Waals surface area contributed by atoms with Gasteiger partial charge in [0.2, 0.25) is 0 Å². The van der Waals surface area contributed by atoms with Crippen molar-refractivity contribution in [3.8, 4) is 17.1 Å². The molecule has 0 saturated carbocycles. The summed E-state index contributed by atoms with van der Waals surface area (Å²) in [7, 11) is 0. The summed E-state index contributed by atoms with van der Waals surface area (Å²) >= 11 is 3.51. The van der Waals surface area contributed by atoms with Crippen LogP contribution in [-0.2, 0) is 6.42 Å². The van der Waals surface area contributed by atoms with Gasteiger partial charge in [-0.25, -0.2) is 9.67 Å². The Morgan fingerprint density at radius 3 is 2.64 bits per heavy atom. The second-order valence-electron chi connectivity index (χ2n) is 5.31. The molecule has 0 aliphatic carbocycles. The lowest BCUT2D eigenvalue weighted by Crippen LogP contribution is -2.04. The first-order valence-corrected chi connectivity index (χ1v) is 8.26. The van der Waals surface area contributed by atoms with Gasteiger partial charge in [0.1, 0.15) is 5.82 Å². The summed E-state index contributed by atoms with van der Waals surface area (Å²) in [5.74, 6) is 1.78. The van der Waals surface area contributed by atoms with Gasteiger partial charge in [0, 0.05) is 16.5 Å². The first kappa shape index (κ1) is 15.0. The molecule has 0 aliphatic rings. The maximum atomic E-state index is 4.76. The van der Waals surface area contributed by atoms with Gasteiger partial charge in [0.25, 0.3) is 0 Å². The van der Waals surface area contributed by atoms with Crippen LogP contribution >= 0.6 is 15.9 Å². The van der Waals surface area contributed by atoms with Crippen LogP contribution in [0.3, 0.4) is 0 Å².